The van der Waals surface area contributed by atoms with E-state index in [-0.39, 0.29) is 23.7 Å². The summed E-state index contributed by atoms with van der Waals surface area (Å²) in [5.74, 6) is 0.470. The van der Waals surface area contributed by atoms with Crippen LogP contribution in [0, 0.1) is 23.7 Å². The van der Waals surface area contributed by atoms with E-state index >= 15 is 0 Å². The number of hydrogen-bond acceptors (Lipinski definition) is 3. The minimum atomic E-state index is -1.06. The molecule has 0 radical (unpaired) electrons. The number of rotatable bonds is 1. The highest BCUT2D eigenvalue weighted by Crippen LogP contribution is 2.59. The van der Waals surface area contributed by atoms with Gasteiger partial charge in [0.15, 0.2) is 0 Å². The number of aliphatic hydroxyl groups is 1. The van der Waals surface area contributed by atoms with E-state index in [0.29, 0.717) is 0 Å². The maximum atomic E-state index is 12.9. The largest absolute Gasteiger partial charge is 0.384 e. The summed E-state index contributed by atoms with van der Waals surface area (Å²) in [5.41, 5.74) is 3.80. The lowest BCUT2D eigenvalue weighted by atomic mass is 9.74. The van der Waals surface area contributed by atoms with Gasteiger partial charge in [-0.05, 0) is 30.0 Å². The van der Waals surface area contributed by atoms with Gasteiger partial charge in [-0.1, -0.05) is 78.9 Å². The van der Waals surface area contributed by atoms with Crippen molar-refractivity contribution in [2.24, 2.45) is 23.7 Å². The van der Waals surface area contributed by atoms with Crippen molar-refractivity contribution < 1.29 is 5.11 Å². The average Bonchev–Trinajstić information content (AvgIpc) is 3.44. The molecule has 4 nitrogen and oxygen atoms in total. The van der Waals surface area contributed by atoms with Gasteiger partial charge < -0.3 is 5.11 Å². The van der Waals surface area contributed by atoms with Gasteiger partial charge >= 0.3 is 0 Å². The fourth-order valence-corrected chi connectivity index (χ4v) is 7.01. The molecule has 3 aliphatic carbocycles. The number of fused-ring (bicyclic) bond motifs is 11. The maximum absolute atomic E-state index is 12.9. The number of imidazole rings is 1. The standard InChI is InChI=1S/C31H23N3O/c35-31(24-11-3-1-8-19(24)20-9-2-4-12-25(20)31)26-13-7-10-21-23-18-32-17-16-22(23)30-33-27-14-5-6-15-28(27)34(30)29(21)26/h1-20,24-25,35H. The van der Waals surface area contributed by atoms with Crippen LogP contribution in [0.4, 0.5) is 0 Å². The highest BCUT2D eigenvalue weighted by Gasteiger charge is 2.58. The van der Waals surface area contributed by atoms with Gasteiger partial charge in [0.1, 0.15) is 11.2 Å². The van der Waals surface area contributed by atoms with Crippen LogP contribution in [0.2, 0.25) is 0 Å². The Balaban J connectivity index is 1.57. The fraction of sp³-hybridized carbons (Fsp3) is 0.161. The normalized spacial score (nSPS) is 28.9. The summed E-state index contributed by atoms with van der Waals surface area (Å²) in [4.78, 5) is 9.51. The number of benzene rings is 2. The maximum Gasteiger partial charge on any atom is 0.146 e. The van der Waals surface area contributed by atoms with Crippen molar-refractivity contribution in [1.82, 2.24) is 14.4 Å². The molecule has 4 unspecified atom stereocenters. The molecule has 168 valence electrons. The molecule has 3 aromatic heterocycles. The second-order valence-corrected chi connectivity index (χ2v) is 9.95. The third-order valence-electron chi connectivity index (χ3n) is 8.42. The molecule has 0 bridgehead atoms. The lowest BCUT2D eigenvalue weighted by Gasteiger charge is -2.36. The Kier molecular flexibility index (Phi) is 3.73. The molecule has 1 fully saturated rings. The minimum Gasteiger partial charge on any atom is -0.384 e. The molecule has 4 atom stereocenters. The van der Waals surface area contributed by atoms with Crippen LogP contribution in [-0.4, -0.2) is 19.5 Å². The molecule has 0 aliphatic heterocycles. The van der Waals surface area contributed by atoms with E-state index in [4.69, 9.17) is 4.98 Å². The Labute approximate surface area is 202 Å². The van der Waals surface area contributed by atoms with Crippen LogP contribution in [0.5, 0.6) is 0 Å². The van der Waals surface area contributed by atoms with Gasteiger partial charge in [-0.3, -0.25) is 9.38 Å². The molecule has 0 saturated heterocycles. The van der Waals surface area contributed by atoms with Gasteiger partial charge in [-0.2, -0.15) is 0 Å². The Morgan fingerprint density at radius 3 is 2.29 bits per heavy atom. The van der Waals surface area contributed by atoms with E-state index in [2.05, 4.69) is 94.4 Å². The summed E-state index contributed by atoms with van der Waals surface area (Å²) in [7, 11) is 0. The Morgan fingerprint density at radius 1 is 0.743 bits per heavy atom. The molecule has 8 rings (SSSR count). The molecule has 0 amide bonds. The van der Waals surface area contributed by atoms with Crippen molar-refractivity contribution in [3.8, 4) is 0 Å². The molecule has 5 aromatic rings. The Hall–Kier alpha value is -4.02. The summed E-state index contributed by atoms with van der Waals surface area (Å²) >= 11 is 0. The summed E-state index contributed by atoms with van der Waals surface area (Å²) in [6, 6.07) is 16.7. The van der Waals surface area contributed by atoms with Gasteiger partial charge in [-0.15, -0.1) is 0 Å². The van der Waals surface area contributed by atoms with Crippen LogP contribution in [-0.2, 0) is 5.60 Å². The monoisotopic (exact) mass is 453 g/mol. The van der Waals surface area contributed by atoms with Crippen molar-refractivity contribution in [3.05, 3.63) is 115 Å². The average molecular weight is 454 g/mol. The van der Waals surface area contributed by atoms with E-state index in [9.17, 15) is 5.11 Å². The number of allylic oxidation sites excluding steroid dienone is 6. The summed E-state index contributed by atoms with van der Waals surface area (Å²) in [6.45, 7) is 0. The fourth-order valence-electron chi connectivity index (χ4n) is 7.01. The second-order valence-electron chi connectivity index (χ2n) is 9.95. The van der Waals surface area contributed by atoms with E-state index in [1.54, 1.807) is 0 Å². The quantitative estimate of drug-likeness (QED) is 0.312. The molecule has 4 heteroatoms. The Bertz CT molecular complexity index is 1770. The molecule has 3 aliphatic rings. The lowest BCUT2D eigenvalue weighted by molar-refractivity contribution is -0.0175. The number of hydrogen-bond donors (Lipinski definition) is 1. The van der Waals surface area contributed by atoms with Crippen molar-refractivity contribution in [1.29, 1.82) is 0 Å². The van der Waals surface area contributed by atoms with E-state index < -0.39 is 5.60 Å². The number of pyridine rings is 2. The molecular formula is C31H23N3O. The third kappa shape index (κ3) is 2.35. The molecule has 1 N–H and O–H groups in total. The molecule has 2 aromatic carbocycles. The predicted octanol–water partition coefficient (Wildman–Crippen LogP) is 6.11. The van der Waals surface area contributed by atoms with Crippen LogP contribution in [0.3, 0.4) is 0 Å². The van der Waals surface area contributed by atoms with Gasteiger partial charge in [0, 0.05) is 46.0 Å². The second kappa shape index (κ2) is 6.77. The van der Waals surface area contributed by atoms with Crippen LogP contribution in [0.25, 0.3) is 38.4 Å². The number of aromatic nitrogens is 3. The highest BCUT2D eigenvalue weighted by molar-refractivity contribution is 6.14. The van der Waals surface area contributed by atoms with Gasteiger partial charge in [0.05, 0.1) is 16.6 Å². The molecule has 35 heavy (non-hydrogen) atoms. The topological polar surface area (TPSA) is 50.4 Å². The molecule has 3 heterocycles. The van der Waals surface area contributed by atoms with Crippen LogP contribution in [0.1, 0.15) is 5.56 Å². The third-order valence-corrected chi connectivity index (χ3v) is 8.42. The lowest BCUT2D eigenvalue weighted by Crippen LogP contribution is -2.38. The van der Waals surface area contributed by atoms with Crippen molar-refractivity contribution in [2.45, 2.75) is 5.60 Å². The SMILES string of the molecule is OC1(c2cccc3c4cnccc4c4nc5ccccc5n4c23)C2C=CC=CC2C2C=CC=CC21. The van der Waals surface area contributed by atoms with E-state index in [1.807, 2.05) is 24.5 Å². The van der Waals surface area contributed by atoms with E-state index in [0.717, 1.165) is 43.9 Å². The molecule has 0 spiro atoms. The molecular weight excluding hydrogens is 430 g/mol. The summed E-state index contributed by atoms with van der Waals surface area (Å²) < 4.78 is 2.26. The van der Waals surface area contributed by atoms with Gasteiger partial charge in [-0.25, -0.2) is 4.98 Å². The van der Waals surface area contributed by atoms with Gasteiger partial charge in [0.2, 0.25) is 0 Å². The van der Waals surface area contributed by atoms with Gasteiger partial charge in [0.25, 0.3) is 0 Å². The highest BCUT2D eigenvalue weighted by atomic mass is 16.3. The zero-order valence-corrected chi connectivity index (χ0v) is 19.0. The molecule has 1 saturated carbocycles. The van der Waals surface area contributed by atoms with E-state index in [1.165, 1.54) is 0 Å². The summed E-state index contributed by atoms with van der Waals surface area (Å²) in [6.07, 6.45) is 21.1. The Morgan fingerprint density at radius 2 is 1.49 bits per heavy atom. The first-order chi connectivity index (χ1) is 17.3. The van der Waals surface area contributed by atoms with Crippen molar-refractivity contribution in [3.63, 3.8) is 0 Å². The zero-order valence-electron chi connectivity index (χ0n) is 19.0. The first-order valence-corrected chi connectivity index (χ1v) is 12.3. The number of nitrogens with zero attached hydrogens (tertiary/aromatic N) is 3. The smallest absolute Gasteiger partial charge is 0.146 e. The minimum absolute atomic E-state index is 0.0186. The van der Waals surface area contributed by atoms with Crippen LogP contribution < -0.4 is 0 Å². The van der Waals surface area contributed by atoms with Crippen LogP contribution >= 0.6 is 0 Å². The first-order valence-electron chi connectivity index (χ1n) is 12.3. The summed E-state index contributed by atoms with van der Waals surface area (Å²) in [5, 5.41) is 16.1. The predicted molar refractivity (Wildman–Crippen MR) is 140 cm³/mol. The first kappa shape index (κ1) is 19.3. The van der Waals surface area contributed by atoms with Crippen molar-refractivity contribution >= 4 is 38.4 Å². The number of para-hydroxylation sites is 3. The van der Waals surface area contributed by atoms with Crippen LogP contribution in [0.15, 0.2) is 110 Å². The zero-order chi connectivity index (χ0) is 23.1. The van der Waals surface area contributed by atoms with Crippen molar-refractivity contribution in [2.75, 3.05) is 0 Å².